The molecule has 26 heavy (non-hydrogen) atoms. The Morgan fingerprint density at radius 3 is 2.54 bits per heavy atom. The van der Waals surface area contributed by atoms with Gasteiger partial charge in [0.15, 0.2) is 0 Å². The van der Waals surface area contributed by atoms with E-state index in [2.05, 4.69) is 0 Å². The molecule has 3 rings (SSSR count). The third-order valence-electron chi connectivity index (χ3n) is 5.05. The molecule has 0 bridgehead atoms. The highest BCUT2D eigenvalue weighted by atomic mass is 16.2. The highest BCUT2D eigenvalue weighted by molar-refractivity contribution is 5.95. The molecule has 0 spiro atoms. The second-order valence-electron chi connectivity index (χ2n) is 7.55. The SMILES string of the molecule is CC(C)CC(=O)N1CCC2C(=O)N(Cc3ccccc3)CC(=O)N2CC1. The third-order valence-corrected chi connectivity index (χ3v) is 5.05. The number of piperazine rings is 1. The molecular formula is C20H27N3O3. The van der Waals surface area contributed by atoms with Crippen LogP contribution in [0, 0.1) is 5.92 Å². The van der Waals surface area contributed by atoms with Gasteiger partial charge in [-0.05, 0) is 17.9 Å². The van der Waals surface area contributed by atoms with E-state index < -0.39 is 6.04 Å². The number of hydrogen-bond donors (Lipinski definition) is 0. The lowest BCUT2D eigenvalue weighted by Gasteiger charge is -2.39. The van der Waals surface area contributed by atoms with Gasteiger partial charge in [0.2, 0.25) is 17.7 Å². The molecule has 0 N–H and O–H groups in total. The predicted octanol–water partition coefficient (Wildman–Crippen LogP) is 1.50. The molecular weight excluding hydrogens is 330 g/mol. The number of rotatable bonds is 4. The maximum Gasteiger partial charge on any atom is 0.246 e. The molecule has 1 atom stereocenters. The molecule has 1 unspecified atom stereocenters. The van der Waals surface area contributed by atoms with Crippen LogP contribution in [0.25, 0.3) is 0 Å². The maximum atomic E-state index is 12.9. The molecule has 0 aromatic heterocycles. The number of carbonyl (C=O) groups is 3. The van der Waals surface area contributed by atoms with Crippen molar-refractivity contribution in [2.75, 3.05) is 26.2 Å². The molecule has 2 heterocycles. The Kier molecular flexibility index (Phi) is 5.59. The first-order chi connectivity index (χ1) is 12.5. The zero-order valence-corrected chi connectivity index (χ0v) is 15.6. The van der Waals surface area contributed by atoms with Gasteiger partial charge in [-0.3, -0.25) is 14.4 Å². The van der Waals surface area contributed by atoms with Crippen LogP contribution in [0.2, 0.25) is 0 Å². The van der Waals surface area contributed by atoms with Crippen LogP contribution in [0.4, 0.5) is 0 Å². The summed E-state index contributed by atoms with van der Waals surface area (Å²) in [6.45, 7) is 6.10. The smallest absolute Gasteiger partial charge is 0.246 e. The zero-order chi connectivity index (χ0) is 18.7. The van der Waals surface area contributed by atoms with E-state index >= 15 is 0 Å². The number of benzene rings is 1. The lowest BCUT2D eigenvalue weighted by Crippen LogP contribution is -2.59. The van der Waals surface area contributed by atoms with Crippen molar-refractivity contribution in [3.63, 3.8) is 0 Å². The van der Waals surface area contributed by atoms with E-state index in [-0.39, 0.29) is 24.3 Å². The maximum absolute atomic E-state index is 12.9. The van der Waals surface area contributed by atoms with Gasteiger partial charge in [0.05, 0.1) is 0 Å². The van der Waals surface area contributed by atoms with Gasteiger partial charge in [-0.1, -0.05) is 44.2 Å². The zero-order valence-electron chi connectivity index (χ0n) is 15.6. The van der Waals surface area contributed by atoms with Crippen LogP contribution >= 0.6 is 0 Å². The lowest BCUT2D eigenvalue weighted by atomic mass is 10.1. The Bertz CT molecular complexity index is 674. The van der Waals surface area contributed by atoms with Crippen molar-refractivity contribution in [2.24, 2.45) is 5.92 Å². The number of fused-ring (bicyclic) bond motifs is 1. The fraction of sp³-hybridized carbons (Fsp3) is 0.550. The van der Waals surface area contributed by atoms with E-state index in [0.29, 0.717) is 44.9 Å². The van der Waals surface area contributed by atoms with Crippen LogP contribution in [-0.2, 0) is 20.9 Å². The van der Waals surface area contributed by atoms with Crippen molar-refractivity contribution < 1.29 is 14.4 Å². The minimum absolute atomic E-state index is 0.00777. The van der Waals surface area contributed by atoms with Crippen molar-refractivity contribution >= 4 is 17.7 Å². The van der Waals surface area contributed by atoms with E-state index in [1.165, 1.54) is 0 Å². The molecule has 1 aromatic rings. The van der Waals surface area contributed by atoms with Gasteiger partial charge in [-0.15, -0.1) is 0 Å². The fourth-order valence-electron chi connectivity index (χ4n) is 3.69. The molecule has 6 nitrogen and oxygen atoms in total. The van der Waals surface area contributed by atoms with Crippen LogP contribution in [-0.4, -0.2) is 64.6 Å². The largest absolute Gasteiger partial charge is 0.341 e. The van der Waals surface area contributed by atoms with Crippen LogP contribution in [0.1, 0.15) is 32.3 Å². The van der Waals surface area contributed by atoms with Crippen LogP contribution in [0.15, 0.2) is 30.3 Å². The van der Waals surface area contributed by atoms with Gasteiger partial charge < -0.3 is 14.7 Å². The van der Waals surface area contributed by atoms with Crippen LogP contribution < -0.4 is 0 Å². The normalized spacial score (nSPS) is 21.0. The summed E-state index contributed by atoms with van der Waals surface area (Å²) < 4.78 is 0. The van der Waals surface area contributed by atoms with Gasteiger partial charge in [0, 0.05) is 32.6 Å². The quantitative estimate of drug-likeness (QED) is 0.821. The number of hydrogen-bond acceptors (Lipinski definition) is 3. The molecule has 3 amide bonds. The second kappa shape index (κ2) is 7.89. The van der Waals surface area contributed by atoms with Gasteiger partial charge in [0.1, 0.15) is 12.6 Å². The van der Waals surface area contributed by atoms with Crippen molar-refractivity contribution in [2.45, 2.75) is 39.3 Å². The van der Waals surface area contributed by atoms with Crippen molar-refractivity contribution in [1.82, 2.24) is 14.7 Å². The van der Waals surface area contributed by atoms with E-state index in [4.69, 9.17) is 0 Å². The minimum atomic E-state index is -0.447. The molecule has 1 aromatic carbocycles. The summed E-state index contributed by atoms with van der Waals surface area (Å²) >= 11 is 0. The summed E-state index contributed by atoms with van der Waals surface area (Å²) in [4.78, 5) is 43.0. The summed E-state index contributed by atoms with van der Waals surface area (Å²) in [6.07, 6.45) is 1.02. The Morgan fingerprint density at radius 1 is 1.12 bits per heavy atom. The van der Waals surface area contributed by atoms with Crippen LogP contribution in [0.5, 0.6) is 0 Å². The molecule has 0 aliphatic carbocycles. The first-order valence-corrected chi connectivity index (χ1v) is 9.35. The molecule has 0 saturated carbocycles. The molecule has 140 valence electrons. The Morgan fingerprint density at radius 2 is 1.85 bits per heavy atom. The summed E-state index contributed by atoms with van der Waals surface area (Å²) in [6, 6.07) is 9.27. The van der Waals surface area contributed by atoms with Gasteiger partial charge >= 0.3 is 0 Å². The molecule has 2 aliphatic rings. The van der Waals surface area contributed by atoms with Gasteiger partial charge in [-0.2, -0.15) is 0 Å². The molecule has 0 radical (unpaired) electrons. The predicted molar refractivity (Wildman–Crippen MR) is 98.0 cm³/mol. The molecule has 2 saturated heterocycles. The van der Waals surface area contributed by atoms with Gasteiger partial charge in [0.25, 0.3) is 0 Å². The number of carbonyl (C=O) groups excluding carboxylic acids is 3. The summed E-state index contributed by atoms with van der Waals surface area (Å²) in [5, 5.41) is 0. The highest BCUT2D eigenvalue weighted by Crippen LogP contribution is 2.21. The van der Waals surface area contributed by atoms with Crippen molar-refractivity contribution in [3.8, 4) is 0 Å². The summed E-state index contributed by atoms with van der Waals surface area (Å²) in [5.41, 5.74) is 1.02. The monoisotopic (exact) mass is 357 g/mol. The van der Waals surface area contributed by atoms with E-state index in [1.807, 2.05) is 44.2 Å². The third kappa shape index (κ3) is 4.06. The Hall–Kier alpha value is -2.37. The summed E-state index contributed by atoms with van der Waals surface area (Å²) in [7, 11) is 0. The first kappa shape index (κ1) is 18.4. The van der Waals surface area contributed by atoms with Crippen molar-refractivity contribution in [1.29, 1.82) is 0 Å². The number of amides is 3. The average molecular weight is 357 g/mol. The Labute approximate surface area is 154 Å². The molecule has 6 heteroatoms. The first-order valence-electron chi connectivity index (χ1n) is 9.35. The van der Waals surface area contributed by atoms with E-state index in [0.717, 1.165) is 5.56 Å². The lowest BCUT2D eigenvalue weighted by molar-refractivity contribution is -0.156. The molecule has 2 aliphatic heterocycles. The van der Waals surface area contributed by atoms with Crippen molar-refractivity contribution in [3.05, 3.63) is 35.9 Å². The highest BCUT2D eigenvalue weighted by Gasteiger charge is 2.41. The van der Waals surface area contributed by atoms with E-state index in [9.17, 15) is 14.4 Å². The minimum Gasteiger partial charge on any atom is -0.341 e. The standard InChI is InChI=1S/C20H27N3O3/c1-15(2)12-18(24)21-9-8-17-20(26)22(13-16-6-4-3-5-7-16)14-19(25)23(17)11-10-21/h3-7,15,17H,8-14H2,1-2H3. The van der Waals surface area contributed by atoms with Gasteiger partial charge in [-0.25, -0.2) is 0 Å². The topological polar surface area (TPSA) is 60.9 Å². The Balaban J connectivity index is 1.69. The second-order valence-corrected chi connectivity index (χ2v) is 7.55. The number of nitrogens with zero attached hydrogens (tertiary/aromatic N) is 3. The summed E-state index contributed by atoms with van der Waals surface area (Å²) in [5.74, 6) is 0.383. The average Bonchev–Trinajstić information content (AvgIpc) is 2.83. The molecule has 2 fully saturated rings. The fourth-order valence-corrected chi connectivity index (χ4v) is 3.69. The van der Waals surface area contributed by atoms with E-state index in [1.54, 1.807) is 14.7 Å². The van der Waals surface area contributed by atoms with Crippen LogP contribution in [0.3, 0.4) is 0 Å².